The van der Waals surface area contributed by atoms with Gasteiger partial charge in [-0.05, 0) is 30.3 Å². The summed E-state index contributed by atoms with van der Waals surface area (Å²) in [5.74, 6) is 1.68. The van der Waals surface area contributed by atoms with Gasteiger partial charge in [-0.3, -0.25) is 4.98 Å². The van der Waals surface area contributed by atoms with Crippen molar-refractivity contribution in [3.8, 4) is 17.1 Å². The van der Waals surface area contributed by atoms with Crippen molar-refractivity contribution in [2.75, 3.05) is 7.11 Å². The van der Waals surface area contributed by atoms with Crippen LogP contribution < -0.4 is 4.74 Å². The Morgan fingerprint density at radius 1 is 1.12 bits per heavy atom. The molecule has 1 aromatic carbocycles. The van der Waals surface area contributed by atoms with Crippen molar-refractivity contribution in [2.24, 2.45) is 0 Å². The van der Waals surface area contributed by atoms with Gasteiger partial charge in [0.25, 0.3) is 0 Å². The maximum absolute atomic E-state index is 5.62. The Hall–Kier alpha value is -2.29. The zero-order chi connectivity index (χ0) is 11.7. The van der Waals surface area contributed by atoms with Gasteiger partial charge in [0.05, 0.1) is 13.4 Å². The molecule has 0 atom stereocenters. The normalized spacial score (nSPS) is 10.6. The number of ether oxygens (including phenoxy) is 1. The first kappa shape index (κ1) is 9.90. The minimum atomic E-state index is 0.828. The molecule has 0 amide bonds. The Morgan fingerprint density at radius 3 is 2.71 bits per heavy atom. The van der Waals surface area contributed by atoms with E-state index >= 15 is 0 Å². The molecule has 3 aromatic rings. The first-order chi connectivity index (χ1) is 8.38. The van der Waals surface area contributed by atoms with Gasteiger partial charge in [-0.25, -0.2) is 0 Å². The summed E-state index contributed by atoms with van der Waals surface area (Å²) in [5.41, 5.74) is 1.02. The highest BCUT2D eigenvalue weighted by Crippen LogP contribution is 2.32. The van der Waals surface area contributed by atoms with Gasteiger partial charge in [0.1, 0.15) is 11.5 Å². The fourth-order valence-corrected chi connectivity index (χ4v) is 1.87. The molecule has 0 aliphatic heterocycles. The predicted molar refractivity (Wildman–Crippen MR) is 66.0 cm³/mol. The molecule has 3 nitrogen and oxygen atoms in total. The molecule has 2 aromatic heterocycles. The summed E-state index contributed by atoms with van der Waals surface area (Å²) in [7, 11) is 1.66. The van der Waals surface area contributed by atoms with Crippen LogP contribution in [0.1, 0.15) is 0 Å². The molecule has 0 saturated heterocycles. The number of rotatable bonds is 2. The summed E-state index contributed by atoms with van der Waals surface area (Å²) in [6.07, 6.45) is 5.26. The van der Waals surface area contributed by atoms with E-state index in [4.69, 9.17) is 9.15 Å². The van der Waals surface area contributed by atoms with E-state index < -0.39 is 0 Å². The lowest BCUT2D eigenvalue weighted by Gasteiger charge is -2.00. The van der Waals surface area contributed by atoms with E-state index in [0.717, 1.165) is 27.8 Å². The fourth-order valence-electron chi connectivity index (χ4n) is 1.87. The molecule has 2 heterocycles. The van der Waals surface area contributed by atoms with Gasteiger partial charge in [0.15, 0.2) is 0 Å². The van der Waals surface area contributed by atoms with Gasteiger partial charge < -0.3 is 9.15 Å². The van der Waals surface area contributed by atoms with E-state index in [1.807, 2.05) is 30.3 Å². The highest BCUT2D eigenvalue weighted by molar-refractivity contribution is 5.94. The predicted octanol–water partition coefficient (Wildman–Crippen LogP) is 3.50. The van der Waals surface area contributed by atoms with Gasteiger partial charge in [0.2, 0.25) is 0 Å². The average Bonchev–Trinajstić information content (AvgIpc) is 2.82. The van der Waals surface area contributed by atoms with Gasteiger partial charge >= 0.3 is 0 Å². The molecule has 0 aliphatic rings. The molecule has 0 unspecified atom stereocenters. The zero-order valence-electron chi connectivity index (χ0n) is 9.38. The van der Waals surface area contributed by atoms with Crippen LogP contribution in [0.15, 0.2) is 53.4 Å². The standard InChI is InChI=1S/C14H11NO2/c1-16-12-3-2-11-9-17-14(13(11)8-12)10-4-6-15-7-5-10/h2-9H,1H3. The molecule has 0 saturated carbocycles. The van der Waals surface area contributed by atoms with Crippen LogP contribution in [0.25, 0.3) is 22.1 Å². The third-order valence-corrected chi connectivity index (χ3v) is 2.75. The van der Waals surface area contributed by atoms with Crippen molar-refractivity contribution >= 4 is 10.8 Å². The Morgan fingerprint density at radius 2 is 1.94 bits per heavy atom. The minimum Gasteiger partial charge on any atom is -0.497 e. The van der Waals surface area contributed by atoms with Crippen LogP contribution in [0, 0.1) is 0 Å². The number of furan rings is 1. The van der Waals surface area contributed by atoms with E-state index in [9.17, 15) is 0 Å². The Bertz CT molecular complexity index is 644. The van der Waals surface area contributed by atoms with E-state index in [2.05, 4.69) is 4.98 Å². The maximum Gasteiger partial charge on any atom is 0.141 e. The first-order valence-electron chi connectivity index (χ1n) is 5.34. The number of hydrogen-bond donors (Lipinski definition) is 0. The van der Waals surface area contributed by atoms with Crippen molar-refractivity contribution in [1.29, 1.82) is 0 Å². The molecule has 0 N–H and O–H groups in total. The Balaban J connectivity index is 2.23. The Labute approximate surface area is 98.7 Å². The summed E-state index contributed by atoms with van der Waals surface area (Å²) in [5, 5.41) is 2.12. The molecule has 0 radical (unpaired) electrons. The second-order valence-electron chi connectivity index (χ2n) is 3.75. The monoisotopic (exact) mass is 225 g/mol. The lowest BCUT2D eigenvalue weighted by atomic mass is 10.1. The topological polar surface area (TPSA) is 35.3 Å². The highest BCUT2D eigenvalue weighted by Gasteiger charge is 2.09. The fraction of sp³-hybridized carbons (Fsp3) is 0.0714. The molecule has 3 rings (SSSR count). The molecular weight excluding hydrogens is 214 g/mol. The van der Waals surface area contributed by atoms with Crippen molar-refractivity contribution in [2.45, 2.75) is 0 Å². The Kier molecular flexibility index (Phi) is 2.29. The van der Waals surface area contributed by atoms with Crippen LogP contribution in [0.4, 0.5) is 0 Å². The molecule has 0 bridgehead atoms. The molecule has 84 valence electrons. The molecular formula is C14H11NO2. The van der Waals surface area contributed by atoms with Gasteiger partial charge in [-0.2, -0.15) is 0 Å². The number of methoxy groups -OCH3 is 1. The smallest absolute Gasteiger partial charge is 0.141 e. The zero-order valence-corrected chi connectivity index (χ0v) is 9.38. The van der Waals surface area contributed by atoms with Gasteiger partial charge in [-0.1, -0.05) is 0 Å². The number of fused-ring (bicyclic) bond motifs is 1. The summed E-state index contributed by atoms with van der Waals surface area (Å²) < 4.78 is 10.8. The number of pyridine rings is 1. The second-order valence-corrected chi connectivity index (χ2v) is 3.75. The summed E-state index contributed by atoms with van der Waals surface area (Å²) in [6.45, 7) is 0. The average molecular weight is 225 g/mol. The third-order valence-electron chi connectivity index (χ3n) is 2.75. The van der Waals surface area contributed by atoms with E-state index in [-0.39, 0.29) is 0 Å². The summed E-state index contributed by atoms with van der Waals surface area (Å²) in [6, 6.07) is 9.75. The molecule has 0 aliphatic carbocycles. The van der Waals surface area contributed by atoms with E-state index in [0.29, 0.717) is 0 Å². The SMILES string of the molecule is COc1ccc2coc(-c3ccncc3)c2c1. The van der Waals surface area contributed by atoms with Crippen LogP contribution in [0.5, 0.6) is 5.75 Å². The van der Waals surface area contributed by atoms with Crippen LogP contribution in [0.3, 0.4) is 0 Å². The van der Waals surface area contributed by atoms with Crippen molar-refractivity contribution in [1.82, 2.24) is 4.98 Å². The summed E-state index contributed by atoms with van der Waals surface area (Å²) >= 11 is 0. The lowest BCUT2D eigenvalue weighted by Crippen LogP contribution is -1.81. The lowest BCUT2D eigenvalue weighted by molar-refractivity contribution is 0.415. The van der Waals surface area contributed by atoms with E-state index in [1.165, 1.54) is 0 Å². The van der Waals surface area contributed by atoms with Crippen molar-refractivity contribution in [3.05, 3.63) is 49.0 Å². The first-order valence-corrected chi connectivity index (χ1v) is 5.34. The van der Waals surface area contributed by atoms with Crippen molar-refractivity contribution < 1.29 is 9.15 Å². The molecule has 17 heavy (non-hydrogen) atoms. The van der Waals surface area contributed by atoms with Crippen LogP contribution in [0.2, 0.25) is 0 Å². The number of aromatic nitrogens is 1. The van der Waals surface area contributed by atoms with Gasteiger partial charge in [-0.15, -0.1) is 0 Å². The van der Waals surface area contributed by atoms with Crippen LogP contribution in [-0.4, -0.2) is 12.1 Å². The van der Waals surface area contributed by atoms with Crippen molar-refractivity contribution in [3.63, 3.8) is 0 Å². The quantitative estimate of drug-likeness (QED) is 0.669. The van der Waals surface area contributed by atoms with Crippen LogP contribution in [-0.2, 0) is 0 Å². The highest BCUT2D eigenvalue weighted by atomic mass is 16.5. The largest absolute Gasteiger partial charge is 0.497 e. The summed E-state index contributed by atoms with van der Waals surface area (Å²) in [4.78, 5) is 4.00. The maximum atomic E-state index is 5.62. The third kappa shape index (κ3) is 1.65. The molecule has 0 fully saturated rings. The second kappa shape index (κ2) is 3.94. The minimum absolute atomic E-state index is 0.828. The number of benzene rings is 1. The van der Waals surface area contributed by atoms with Crippen LogP contribution >= 0.6 is 0 Å². The number of hydrogen-bond acceptors (Lipinski definition) is 3. The van der Waals surface area contributed by atoms with Gasteiger partial charge in [0, 0.05) is 28.7 Å². The molecule has 3 heteroatoms. The van der Waals surface area contributed by atoms with E-state index in [1.54, 1.807) is 25.8 Å². The number of nitrogens with zero attached hydrogens (tertiary/aromatic N) is 1. The molecule has 0 spiro atoms.